The third-order valence-corrected chi connectivity index (χ3v) is 5.11. The van der Waals surface area contributed by atoms with Gasteiger partial charge in [0.05, 0.1) is 15.2 Å². The lowest BCUT2D eigenvalue weighted by atomic mass is 9.91. The molecule has 2 nitrogen and oxygen atoms in total. The van der Waals surface area contributed by atoms with Gasteiger partial charge < -0.3 is 5.32 Å². The number of rotatable bonds is 2. The van der Waals surface area contributed by atoms with Gasteiger partial charge in [0.25, 0.3) is 0 Å². The van der Waals surface area contributed by atoms with E-state index in [4.69, 9.17) is 0 Å². The lowest BCUT2D eigenvalue weighted by molar-refractivity contribution is 0.366. The molecule has 0 aliphatic heterocycles. The molecule has 0 radical (unpaired) electrons. The van der Waals surface area contributed by atoms with Crippen molar-refractivity contribution in [1.82, 2.24) is 4.98 Å². The van der Waals surface area contributed by atoms with Crippen molar-refractivity contribution in [2.75, 3.05) is 5.32 Å². The van der Waals surface area contributed by atoms with Gasteiger partial charge in [-0.15, -0.1) is 11.3 Å². The first-order chi connectivity index (χ1) is 8.93. The van der Waals surface area contributed by atoms with E-state index in [0.717, 1.165) is 16.4 Å². The monoisotopic (exact) mass is 274 g/mol. The number of fused-ring (bicyclic) bond motifs is 1. The molecular weight excluding hydrogens is 252 g/mol. The quantitative estimate of drug-likeness (QED) is 0.847. The van der Waals surface area contributed by atoms with Crippen LogP contribution in [0, 0.1) is 18.3 Å². The van der Waals surface area contributed by atoms with E-state index >= 15 is 0 Å². The second kappa shape index (κ2) is 4.48. The fourth-order valence-electron chi connectivity index (χ4n) is 3.43. The van der Waals surface area contributed by atoms with Crippen LogP contribution >= 0.6 is 11.3 Å². The number of hydrogen-bond acceptors (Lipinski definition) is 3. The average Bonchev–Trinajstić information content (AvgIpc) is 2.77. The Hall–Kier alpha value is -1.09. The molecule has 1 fully saturated rings. The maximum Gasteiger partial charge on any atom is 0.0907 e. The Kier molecular flexibility index (Phi) is 3.05. The van der Waals surface area contributed by atoms with E-state index in [2.05, 4.69) is 56.2 Å². The number of hydrogen-bond donors (Lipinski definition) is 1. The summed E-state index contributed by atoms with van der Waals surface area (Å²) >= 11 is 1.77. The molecule has 102 valence electrons. The smallest absolute Gasteiger partial charge is 0.0907 e. The second-order valence-corrected chi connectivity index (χ2v) is 7.95. The summed E-state index contributed by atoms with van der Waals surface area (Å²) in [5.74, 6) is 0.744. The van der Waals surface area contributed by atoms with E-state index in [9.17, 15) is 0 Å². The van der Waals surface area contributed by atoms with E-state index in [-0.39, 0.29) is 0 Å². The zero-order valence-corrected chi connectivity index (χ0v) is 13.0. The topological polar surface area (TPSA) is 24.9 Å². The van der Waals surface area contributed by atoms with Crippen molar-refractivity contribution in [3.63, 3.8) is 0 Å². The van der Waals surface area contributed by atoms with Crippen molar-refractivity contribution in [3.05, 3.63) is 23.2 Å². The van der Waals surface area contributed by atoms with E-state index in [1.54, 1.807) is 11.3 Å². The van der Waals surface area contributed by atoms with Crippen molar-refractivity contribution >= 4 is 27.2 Å². The molecule has 3 heteroatoms. The fourth-order valence-corrected chi connectivity index (χ4v) is 4.30. The van der Waals surface area contributed by atoms with Gasteiger partial charge in [0.1, 0.15) is 0 Å². The van der Waals surface area contributed by atoms with Crippen molar-refractivity contribution in [3.8, 4) is 0 Å². The predicted octanol–water partition coefficient (Wildman–Crippen LogP) is 4.84. The third-order valence-electron chi connectivity index (χ3n) is 4.18. The highest BCUT2D eigenvalue weighted by Gasteiger charge is 2.36. The fraction of sp³-hybridized carbons (Fsp3) is 0.562. The van der Waals surface area contributed by atoms with E-state index in [1.165, 1.54) is 23.2 Å². The molecule has 0 bridgehead atoms. The molecule has 1 aromatic carbocycles. The molecule has 1 N–H and O–H groups in total. The molecule has 2 atom stereocenters. The standard InChI is InChI=1S/C16H22N2S/c1-10-8-16(3,4)9-14(10)18-12-5-6-13-15(7-12)19-11(2)17-13/h5-7,10,14,18H,8-9H2,1-4H3. The van der Waals surface area contributed by atoms with Gasteiger partial charge in [0.15, 0.2) is 0 Å². The minimum Gasteiger partial charge on any atom is -0.382 e. The van der Waals surface area contributed by atoms with Gasteiger partial charge in [0, 0.05) is 11.7 Å². The zero-order valence-electron chi connectivity index (χ0n) is 12.2. The Balaban J connectivity index is 1.81. The molecule has 19 heavy (non-hydrogen) atoms. The van der Waals surface area contributed by atoms with Crippen molar-refractivity contribution in [1.29, 1.82) is 0 Å². The van der Waals surface area contributed by atoms with Crippen LogP contribution in [0.5, 0.6) is 0 Å². The van der Waals surface area contributed by atoms with Crippen LogP contribution in [0.15, 0.2) is 18.2 Å². The molecule has 2 aromatic rings. The number of thiazole rings is 1. The van der Waals surface area contributed by atoms with E-state index in [0.29, 0.717) is 11.5 Å². The van der Waals surface area contributed by atoms with Crippen LogP contribution < -0.4 is 5.32 Å². The van der Waals surface area contributed by atoms with Crippen LogP contribution in [0.25, 0.3) is 10.2 Å². The number of aryl methyl sites for hydroxylation is 1. The normalized spacial score (nSPS) is 25.9. The highest BCUT2D eigenvalue weighted by Crippen LogP contribution is 2.42. The highest BCUT2D eigenvalue weighted by molar-refractivity contribution is 7.18. The summed E-state index contributed by atoms with van der Waals surface area (Å²) in [4.78, 5) is 4.51. The van der Waals surface area contributed by atoms with Crippen LogP contribution in [0.4, 0.5) is 5.69 Å². The molecule has 1 aliphatic carbocycles. The molecular formula is C16H22N2S. The van der Waals surface area contributed by atoms with Crippen LogP contribution in [-0.2, 0) is 0 Å². The lowest BCUT2D eigenvalue weighted by Gasteiger charge is -2.19. The number of nitrogens with zero attached hydrogens (tertiary/aromatic N) is 1. The number of nitrogens with one attached hydrogen (secondary N) is 1. The number of benzene rings is 1. The van der Waals surface area contributed by atoms with Crippen LogP contribution in [-0.4, -0.2) is 11.0 Å². The summed E-state index contributed by atoms with van der Waals surface area (Å²) in [6.45, 7) is 9.18. The lowest BCUT2D eigenvalue weighted by Crippen LogP contribution is -2.22. The summed E-state index contributed by atoms with van der Waals surface area (Å²) in [7, 11) is 0. The molecule has 2 unspecified atom stereocenters. The summed E-state index contributed by atoms with van der Waals surface area (Å²) in [5, 5.41) is 4.87. The third kappa shape index (κ3) is 2.62. The van der Waals surface area contributed by atoms with Gasteiger partial charge in [-0.3, -0.25) is 0 Å². The maximum absolute atomic E-state index is 4.51. The van der Waals surface area contributed by atoms with Crippen LogP contribution in [0.2, 0.25) is 0 Å². The summed E-state index contributed by atoms with van der Waals surface area (Å²) in [5.41, 5.74) is 2.83. The number of anilines is 1. The van der Waals surface area contributed by atoms with E-state index < -0.39 is 0 Å². The minimum absolute atomic E-state index is 0.474. The first-order valence-electron chi connectivity index (χ1n) is 7.07. The zero-order chi connectivity index (χ0) is 13.6. The van der Waals surface area contributed by atoms with Gasteiger partial charge >= 0.3 is 0 Å². The maximum atomic E-state index is 4.51. The first-order valence-corrected chi connectivity index (χ1v) is 7.88. The van der Waals surface area contributed by atoms with Crippen LogP contribution in [0.3, 0.4) is 0 Å². The van der Waals surface area contributed by atoms with Crippen molar-refractivity contribution in [2.24, 2.45) is 11.3 Å². The summed E-state index contributed by atoms with van der Waals surface area (Å²) in [6, 6.07) is 7.14. The molecule has 0 saturated heterocycles. The molecule has 1 aromatic heterocycles. The van der Waals surface area contributed by atoms with Crippen molar-refractivity contribution in [2.45, 2.75) is 46.6 Å². The second-order valence-electron chi connectivity index (χ2n) is 6.72. The Morgan fingerprint density at radius 2 is 2.11 bits per heavy atom. The first kappa shape index (κ1) is 12.9. The minimum atomic E-state index is 0.474. The van der Waals surface area contributed by atoms with Crippen LogP contribution in [0.1, 0.15) is 38.6 Å². The molecule has 0 amide bonds. The van der Waals surface area contributed by atoms with Crippen molar-refractivity contribution < 1.29 is 0 Å². The molecule has 1 heterocycles. The Bertz CT molecular complexity index is 600. The predicted molar refractivity (Wildman–Crippen MR) is 83.9 cm³/mol. The van der Waals surface area contributed by atoms with Gasteiger partial charge in [-0.25, -0.2) is 4.98 Å². The average molecular weight is 274 g/mol. The van der Waals surface area contributed by atoms with Gasteiger partial charge in [-0.05, 0) is 49.3 Å². The number of aromatic nitrogens is 1. The molecule has 0 spiro atoms. The molecule has 3 rings (SSSR count). The molecule has 1 saturated carbocycles. The SMILES string of the molecule is Cc1nc2ccc(NC3CC(C)(C)CC3C)cc2s1. The van der Waals surface area contributed by atoms with Gasteiger partial charge in [0.2, 0.25) is 0 Å². The van der Waals surface area contributed by atoms with Gasteiger partial charge in [-0.1, -0.05) is 20.8 Å². The largest absolute Gasteiger partial charge is 0.382 e. The molecule has 1 aliphatic rings. The summed E-state index contributed by atoms with van der Waals surface area (Å²) in [6.07, 6.45) is 2.57. The Morgan fingerprint density at radius 1 is 1.32 bits per heavy atom. The van der Waals surface area contributed by atoms with Gasteiger partial charge in [-0.2, -0.15) is 0 Å². The summed E-state index contributed by atoms with van der Waals surface area (Å²) < 4.78 is 1.28. The highest BCUT2D eigenvalue weighted by atomic mass is 32.1. The van der Waals surface area contributed by atoms with E-state index in [1.807, 2.05) is 0 Å². The Labute approximate surface area is 119 Å². The Morgan fingerprint density at radius 3 is 2.79 bits per heavy atom.